The number of aryl methyl sites for hydroxylation is 1. The minimum atomic E-state index is 0.167. The number of rotatable bonds is 3. The molecule has 0 aliphatic carbocycles. The fourth-order valence-electron chi connectivity index (χ4n) is 2.67. The van der Waals surface area contributed by atoms with Crippen LogP contribution in [0, 0.1) is 17.4 Å². The number of halogens is 2. The zero-order valence-corrected chi connectivity index (χ0v) is 16.8. The van der Waals surface area contributed by atoms with Crippen molar-refractivity contribution in [2.45, 2.75) is 20.4 Å². The molecule has 3 aromatic heterocycles. The van der Waals surface area contributed by atoms with Crippen LogP contribution in [0.25, 0.3) is 11.0 Å². The first-order chi connectivity index (χ1) is 11.3. The SMILES string of the molecule is Cc1cnc(Cn2cc(N(C)C)c3c(Cl)nc(N)nc32)c(C)c1I. The Morgan fingerprint density at radius 2 is 2.00 bits per heavy atom. The van der Waals surface area contributed by atoms with Gasteiger partial charge in [0.2, 0.25) is 5.95 Å². The summed E-state index contributed by atoms with van der Waals surface area (Å²) >= 11 is 8.67. The number of anilines is 2. The average molecular weight is 457 g/mol. The largest absolute Gasteiger partial charge is 0.376 e. The van der Waals surface area contributed by atoms with Crippen LogP contribution in [0.2, 0.25) is 5.15 Å². The van der Waals surface area contributed by atoms with Gasteiger partial charge in [-0.3, -0.25) is 4.98 Å². The van der Waals surface area contributed by atoms with E-state index >= 15 is 0 Å². The van der Waals surface area contributed by atoms with Crippen molar-refractivity contribution in [1.29, 1.82) is 0 Å². The minimum Gasteiger partial charge on any atom is -0.376 e. The van der Waals surface area contributed by atoms with E-state index in [1.807, 2.05) is 36.0 Å². The summed E-state index contributed by atoms with van der Waals surface area (Å²) in [7, 11) is 3.92. The van der Waals surface area contributed by atoms with Crippen LogP contribution in [0.5, 0.6) is 0 Å². The lowest BCUT2D eigenvalue weighted by molar-refractivity contribution is 0.786. The van der Waals surface area contributed by atoms with Gasteiger partial charge in [-0.2, -0.15) is 4.98 Å². The maximum atomic E-state index is 6.32. The van der Waals surface area contributed by atoms with Gasteiger partial charge in [-0.15, -0.1) is 0 Å². The summed E-state index contributed by atoms with van der Waals surface area (Å²) < 4.78 is 3.25. The third-order valence-corrected chi connectivity index (χ3v) is 5.93. The van der Waals surface area contributed by atoms with Crippen LogP contribution >= 0.6 is 34.2 Å². The molecule has 24 heavy (non-hydrogen) atoms. The number of pyridine rings is 1. The Morgan fingerprint density at radius 1 is 1.29 bits per heavy atom. The van der Waals surface area contributed by atoms with E-state index in [1.54, 1.807) is 0 Å². The Morgan fingerprint density at radius 3 is 2.67 bits per heavy atom. The Hall–Kier alpha value is -1.61. The van der Waals surface area contributed by atoms with Crippen molar-refractivity contribution in [3.8, 4) is 0 Å². The molecule has 2 N–H and O–H groups in total. The molecule has 0 spiro atoms. The summed E-state index contributed by atoms with van der Waals surface area (Å²) in [6, 6.07) is 0. The van der Waals surface area contributed by atoms with Crippen LogP contribution < -0.4 is 10.6 Å². The molecule has 0 aliphatic rings. The molecule has 0 radical (unpaired) electrons. The van der Waals surface area contributed by atoms with Gasteiger partial charge in [0.05, 0.1) is 23.3 Å². The Balaban J connectivity index is 2.19. The van der Waals surface area contributed by atoms with E-state index in [4.69, 9.17) is 17.3 Å². The molecule has 3 aromatic rings. The van der Waals surface area contributed by atoms with Crippen molar-refractivity contribution in [2.24, 2.45) is 0 Å². The number of fused-ring (bicyclic) bond motifs is 1. The molecule has 0 atom stereocenters. The predicted octanol–water partition coefficient (Wildman–Crippen LogP) is 3.40. The maximum Gasteiger partial charge on any atom is 0.223 e. The van der Waals surface area contributed by atoms with Gasteiger partial charge in [0, 0.05) is 30.1 Å². The molecule has 0 aliphatic heterocycles. The molecule has 0 amide bonds. The highest BCUT2D eigenvalue weighted by Crippen LogP contribution is 2.33. The first-order valence-corrected chi connectivity index (χ1v) is 8.85. The van der Waals surface area contributed by atoms with Crippen molar-refractivity contribution in [3.63, 3.8) is 0 Å². The van der Waals surface area contributed by atoms with Crippen molar-refractivity contribution in [3.05, 3.63) is 37.9 Å². The van der Waals surface area contributed by atoms with Crippen LogP contribution in [-0.4, -0.2) is 33.6 Å². The van der Waals surface area contributed by atoms with Gasteiger partial charge >= 0.3 is 0 Å². The molecule has 0 fully saturated rings. The fourth-order valence-corrected chi connectivity index (χ4v) is 3.39. The quantitative estimate of drug-likeness (QED) is 0.483. The molecule has 0 unspecified atom stereocenters. The number of hydrogen-bond acceptors (Lipinski definition) is 5. The molecule has 0 saturated heterocycles. The number of hydrogen-bond donors (Lipinski definition) is 1. The highest BCUT2D eigenvalue weighted by atomic mass is 127. The molecular weight excluding hydrogens is 439 g/mol. The average Bonchev–Trinajstić information content (AvgIpc) is 2.87. The van der Waals surface area contributed by atoms with E-state index in [9.17, 15) is 0 Å². The molecule has 126 valence electrons. The second-order valence-corrected chi connectivity index (χ2v) is 7.37. The van der Waals surface area contributed by atoms with E-state index in [-0.39, 0.29) is 5.95 Å². The lowest BCUT2D eigenvalue weighted by Crippen LogP contribution is -2.08. The summed E-state index contributed by atoms with van der Waals surface area (Å²) in [6.07, 6.45) is 3.91. The van der Waals surface area contributed by atoms with Gasteiger partial charge in [-0.25, -0.2) is 4.98 Å². The van der Waals surface area contributed by atoms with Crippen LogP contribution in [0.15, 0.2) is 12.4 Å². The van der Waals surface area contributed by atoms with Crippen LogP contribution in [-0.2, 0) is 6.54 Å². The minimum absolute atomic E-state index is 0.167. The highest BCUT2D eigenvalue weighted by molar-refractivity contribution is 14.1. The number of aromatic nitrogens is 4. The van der Waals surface area contributed by atoms with Crippen LogP contribution in [0.1, 0.15) is 16.8 Å². The molecule has 8 heteroatoms. The molecular formula is C16H18ClIN6. The molecule has 0 saturated carbocycles. The van der Waals surface area contributed by atoms with E-state index in [0.717, 1.165) is 16.8 Å². The van der Waals surface area contributed by atoms with Crippen LogP contribution in [0.4, 0.5) is 11.6 Å². The van der Waals surface area contributed by atoms with Crippen molar-refractivity contribution in [2.75, 3.05) is 24.7 Å². The van der Waals surface area contributed by atoms with Gasteiger partial charge in [0.1, 0.15) is 10.8 Å². The summed E-state index contributed by atoms with van der Waals surface area (Å²) in [4.78, 5) is 15.1. The summed E-state index contributed by atoms with van der Waals surface area (Å²) in [5, 5.41) is 1.17. The van der Waals surface area contributed by atoms with Crippen molar-refractivity contribution >= 4 is 56.9 Å². The topological polar surface area (TPSA) is 72.9 Å². The second kappa shape index (κ2) is 6.36. The Kier molecular flexibility index (Phi) is 4.56. The maximum absolute atomic E-state index is 6.32. The summed E-state index contributed by atoms with van der Waals surface area (Å²) in [6.45, 7) is 4.75. The van der Waals surface area contributed by atoms with Crippen LogP contribution in [0.3, 0.4) is 0 Å². The van der Waals surface area contributed by atoms with E-state index < -0.39 is 0 Å². The van der Waals surface area contributed by atoms with E-state index in [1.165, 1.54) is 14.7 Å². The van der Waals surface area contributed by atoms with Gasteiger partial charge in [-0.1, -0.05) is 11.6 Å². The number of nitrogens with zero attached hydrogens (tertiary/aromatic N) is 5. The third kappa shape index (κ3) is 2.90. The third-order valence-electron chi connectivity index (χ3n) is 3.99. The lowest BCUT2D eigenvalue weighted by Gasteiger charge is -2.11. The Bertz CT molecular complexity index is 934. The van der Waals surface area contributed by atoms with E-state index in [2.05, 4.69) is 51.4 Å². The lowest BCUT2D eigenvalue weighted by atomic mass is 10.1. The zero-order valence-electron chi connectivity index (χ0n) is 13.9. The van der Waals surface area contributed by atoms with Gasteiger partial charge in [0.15, 0.2) is 0 Å². The monoisotopic (exact) mass is 456 g/mol. The molecule has 0 bridgehead atoms. The van der Waals surface area contributed by atoms with Crippen molar-refractivity contribution in [1.82, 2.24) is 19.5 Å². The fraction of sp³-hybridized carbons (Fsp3) is 0.312. The van der Waals surface area contributed by atoms with Gasteiger partial charge < -0.3 is 15.2 Å². The highest BCUT2D eigenvalue weighted by Gasteiger charge is 2.18. The molecule has 0 aromatic carbocycles. The summed E-state index contributed by atoms with van der Waals surface area (Å²) in [5.41, 5.74) is 10.8. The Labute approximate surface area is 159 Å². The normalized spacial score (nSPS) is 11.2. The van der Waals surface area contributed by atoms with Gasteiger partial charge in [0.25, 0.3) is 0 Å². The molecule has 3 rings (SSSR count). The first kappa shape index (κ1) is 17.2. The molecule has 6 nitrogen and oxygen atoms in total. The predicted molar refractivity (Wildman–Crippen MR) is 107 cm³/mol. The van der Waals surface area contributed by atoms with Gasteiger partial charge in [-0.05, 0) is 47.6 Å². The number of nitrogens with two attached hydrogens (primary N) is 1. The smallest absolute Gasteiger partial charge is 0.223 e. The standard InChI is InChI=1S/C16H18ClIN6/c1-8-5-20-10(9(2)13(8)18)6-24-7-11(23(3)4)12-14(17)21-16(19)22-15(12)24/h5,7H,6H2,1-4H3,(H2,19,21,22). The zero-order chi connectivity index (χ0) is 17.6. The molecule has 3 heterocycles. The van der Waals surface area contributed by atoms with Crippen molar-refractivity contribution < 1.29 is 0 Å². The second-order valence-electron chi connectivity index (χ2n) is 5.93. The van der Waals surface area contributed by atoms with E-state index in [0.29, 0.717) is 17.3 Å². The first-order valence-electron chi connectivity index (χ1n) is 7.39. The number of nitrogen functional groups attached to an aromatic ring is 1. The summed E-state index contributed by atoms with van der Waals surface area (Å²) in [5.74, 6) is 0.167.